The molecule has 7 nitrogen and oxygen atoms in total. The Kier molecular flexibility index (Phi) is 5.34. The first-order chi connectivity index (χ1) is 20.2. The molecule has 0 spiro atoms. The number of aromatic nitrogens is 2. The van der Waals surface area contributed by atoms with Crippen molar-refractivity contribution >= 4 is 11.6 Å². The Balaban J connectivity index is 1.56. The zero-order chi connectivity index (χ0) is 30.9. The summed E-state index contributed by atoms with van der Waals surface area (Å²) in [5.74, 6) is 0.329. The van der Waals surface area contributed by atoms with Crippen LogP contribution in [0.5, 0.6) is 5.75 Å². The van der Waals surface area contributed by atoms with Crippen molar-refractivity contribution in [3.63, 3.8) is 0 Å². The van der Waals surface area contributed by atoms with E-state index in [1.165, 1.54) is 24.4 Å². The molecule has 7 heteroatoms. The quantitative estimate of drug-likeness (QED) is 0.529. The third kappa shape index (κ3) is 6.66. The number of hydrogen-bond acceptors (Lipinski definition) is 7. The molecular weight excluding hydrogens is 440 g/mol. The van der Waals surface area contributed by atoms with Crippen molar-refractivity contribution < 1.29 is 25.2 Å². The van der Waals surface area contributed by atoms with Gasteiger partial charge in [-0.25, -0.2) is 9.97 Å². The van der Waals surface area contributed by atoms with E-state index in [0.29, 0.717) is 35.6 Å². The van der Waals surface area contributed by atoms with E-state index in [1.807, 2.05) is 0 Å². The molecule has 0 unspecified atom stereocenters. The average molecular weight is 481 g/mol. The number of nitrogens with one attached hydrogen (secondary N) is 1. The number of rotatable bonds is 4. The molecule has 2 aromatic carbocycles. The second-order valence-corrected chi connectivity index (χ2v) is 8.06. The molecule has 3 aromatic rings. The molecule has 0 atom stereocenters. The first-order valence-electron chi connectivity index (χ1n) is 15.5. The predicted octanol–water partition coefficient (Wildman–Crippen LogP) is 4.96. The van der Waals surface area contributed by atoms with Crippen molar-refractivity contribution in [2.24, 2.45) is 0 Å². The smallest absolute Gasteiger partial charge is 0.227 e. The van der Waals surface area contributed by atoms with Crippen molar-refractivity contribution in [3.8, 4) is 17.0 Å². The van der Waals surface area contributed by atoms with Gasteiger partial charge in [0.05, 0.1) is 42.9 Å². The standard InChI is InChI=1S/C28H32N4O3/c1-2-13-32(12-1)14-17-35-27-9-8-25-19-24(27)21-34-16-4-3-15-33-20-22-6-5-7-23(18-22)26-10-11-29-28(30-25)31-26/h3-11,18-19H,1-2,12-17,20-21H2,(H,29,30,31)/b4-3+/i15D2,16D2,20D2,21D2. The van der Waals surface area contributed by atoms with Crippen LogP contribution in [0.2, 0.25) is 0 Å². The van der Waals surface area contributed by atoms with Gasteiger partial charge in [0, 0.05) is 29.6 Å². The third-order valence-corrected chi connectivity index (χ3v) is 5.58. The second-order valence-electron chi connectivity index (χ2n) is 8.06. The third-order valence-electron chi connectivity index (χ3n) is 5.58. The summed E-state index contributed by atoms with van der Waals surface area (Å²) in [6.07, 6.45) is 5.07. The summed E-state index contributed by atoms with van der Waals surface area (Å²) in [5.41, 5.74) is 1.27. The van der Waals surface area contributed by atoms with Crippen LogP contribution >= 0.6 is 0 Å². The summed E-state index contributed by atoms with van der Waals surface area (Å²) in [7, 11) is 0. The predicted molar refractivity (Wildman–Crippen MR) is 137 cm³/mol. The van der Waals surface area contributed by atoms with Gasteiger partial charge in [-0.2, -0.15) is 0 Å². The zero-order valence-electron chi connectivity index (χ0n) is 27.2. The Labute approximate surface area is 218 Å². The van der Waals surface area contributed by atoms with Crippen LogP contribution in [-0.2, 0) is 22.6 Å². The van der Waals surface area contributed by atoms with E-state index in [0.717, 1.165) is 25.9 Å². The summed E-state index contributed by atoms with van der Waals surface area (Å²) in [6, 6.07) is 12.5. The fraction of sp³-hybridized carbons (Fsp3) is 0.357. The molecule has 5 rings (SSSR count). The van der Waals surface area contributed by atoms with Gasteiger partial charge in [0.1, 0.15) is 12.4 Å². The Morgan fingerprint density at radius 3 is 2.74 bits per heavy atom. The number of ether oxygens (including phenoxy) is 3. The molecule has 1 aromatic heterocycles. The molecule has 1 saturated heterocycles. The van der Waals surface area contributed by atoms with Crippen molar-refractivity contribution in [1.82, 2.24) is 14.9 Å². The summed E-state index contributed by atoms with van der Waals surface area (Å²) < 4.78 is 83.5. The van der Waals surface area contributed by atoms with Gasteiger partial charge < -0.3 is 19.5 Å². The Hall–Kier alpha value is -3.26. The van der Waals surface area contributed by atoms with E-state index < -0.39 is 26.2 Å². The minimum atomic E-state index is -2.83. The van der Waals surface area contributed by atoms with Gasteiger partial charge in [0.15, 0.2) is 0 Å². The molecule has 0 saturated carbocycles. The Morgan fingerprint density at radius 1 is 1.00 bits per heavy atom. The molecular formula is C28H32N4O3. The number of nitrogens with zero attached hydrogens (tertiary/aromatic N) is 3. The van der Waals surface area contributed by atoms with E-state index >= 15 is 0 Å². The summed E-state index contributed by atoms with van der Waals surface area (Å²) in [5, 5.41) is 3.05. The first kappa shape index (κ1) is 15.7. The van der Waals surface area contributed by atoms with E-state index in [2.05, 4.69) is 20.2 Å². The minimum absolute atomic E-state index is 0.0112. The maximum absolute atomic E-state index is 8.69. The molecule has 1 fully saturated rings. The highest BCUT2D eigenvalue weighted by atomic mass is 16.5. The number of likely N-dealkylation sites (tertiary alicyclic amines) is 1. The lowest BCUT2D eigenvalue weighted by Gasteiger charge is -2.17. The van der Waals surface area contributed by atoms with Crippen LogP contribution in [0.3, 0.4) is 0 Å². The second kappa shape index (κ2) is 11.9. The molecule has 0 amide bonds. The lowest BCUT2D eigenvalue weighted by atomic mass is 10.1. The van der Waals surface area contributed by atoms with Gasteiger partial charge in [-0.3, -0.25) is 4.90 Å². The van der Waals surface area contributed by atoms with Gasteiger partial charge in [0.25, 0.3) is 0 Å². The van der Waals surface area contributed by atoms with Gasteiger partial charge >= 0.3 is 0 Å². The monoisotopic (exact) mass is 480 g/mol. The summed E-state index contributed by atoms with van der Waals surface area (Å²) in [6.45, 7) is -8.11. The number of benzene rings is 2. The molecule has 6 bridgehead atoms. The first-order valence-corrected chi connectivity index (χ1v) is 11.5. The lowest BCUT2D eigenvalue weighted by molar-refractivity contribution is 0.138. The van der Waals surface area contributed by atoms with Crippen molar-refractivity contribution in [1.29, 1.82) is 0 Å². The summed E-state index contributed by atoms with van der Waals surface area (Å²) >= 11 is 0. The van der Waals surface area contributed by atoms with Gasteiger partial charge in [-0.05, 0) is 61.8 Å². The maximum atomic E-state index is 8.69. The van der Waals surface area contributed by atoms with Crippen LogP contribution in [0, 0.1) is 0 Å². The van der Waals surface area contributed by atoms with E-state index in [-0.39, 0.29) is 29.4 Å². The van der Waals surface area contributed by atoms with Crippen molar-refractivity contribution in [2.75, 3.05) is 44.7 Å². The van der Waals surface area contributed by atoms with E-state index in [4.69, 9.17) is 25.2 Å². The lowest BCUT2D eigenvalue weighted by Crippen LogP contribution is -2.25. The van der Waals surface area contributed by atoms with Crippen LogP contribution in [0.1, 0.15) is 34.9 Å². The number of anilines is 2. The van der Waals surface area contributed by atoms with Crippen LogP contribution in [0.25, 0.3) is 11.3 Å². The molecule has 182 valence electrons. The van der Waals surface area contributed by atoms with Crippen LogP contribution in [-0.4, -0.2) is 54.2 Å². The van der Waals surface area contributed by atoms with E-state index in [9.17, 15) is 0 Å². The van der Waals surface area contributed by atoms with Gasteiger partial charge in [0.2, 0.25) is 5.95 Å². The molecule has 35 heavy (non-hydrogen) atoms. The van der Waals surface area contributed by atoms with Gasteiger partial charge in [-0.15, -0.1) is 0 Å². The molecule has 2 aliphatic rings. The van der Waals surface area contributed by atoms with Crippen molar-refractivity contribution in [2.45, 2.75) is 26.0 Å². The molecule has 0 radical (unpaired) electrons. The highest BCUT2D eigenvalue weighted by Gasteiger charge is 2.13. The maximum Gasteiger partial charge on any atom is 0.227 e. The molecule has 3 heterocycles. The van der Waals surface area contributed by atoms with Crippen molar-refractivity contribution in [3.05, 3.63) is 78.0 Å². The highest BCUT2D eigenvalue weighted by molar-refractivity contribution is 5.63. The SMILES string of the molecule is [2H]C1([2H])/C=C/C([2H])([2H])OC([2H])([2H])c2cc(ccc2OCCN2CCCC2)Nc2nccc(n2)-c2cccc(c2)C([2H])([2H])O1. The Bertz CT molecular complexity index is 1480. The summed E-state index contributed by atoms with van der Waals surface area (Å²) in [4.78, 5) is 11.0. The van der Waals surface area contributed by atoms with Crippen LogP contribution in [0.15, 0.2) is 66.9 Å². The average Bonchev–Trinajstić information content (AvgIpc) is 3.45. The molecule has 0 aliphatic carbocycles. The van der Waals surface area contributed by atoms with E-state index in [1.54, 1.807) is 30.3 Å². The Morgan fingerprint density at radius 2 is 1.86 bits per heavy atom. The highest BCUT2D eigenvalue weighted by Crippen LogP contribution is 2.26. The van der Waals surface area contributed by atoms with Crippen LogP contribution in [0.4, 0.5) is 11.6 Å². The minimum Gasteiger partial charge on any atom is -0.492 e. The fourth-order valence-corrected chi connectivity index (χ4v) is 3.86. The number of hydrogen-bond donors (Lipinski definition) is 1. The normalized spacial score (nSPS) is 26.9. The topological polar surface area (TPSA) is 68.7 Å². The van der Waals surface area contributed by atoms with Crippen LogP contribution < -0.4 is 10.1 Å². The zero-order valence-corrected chi connectivity index (χ0v) is 19.2. The largest absolute Gasteiger partial charge is 0.492 e. The molecule has 2 aliphatic heterocycles. The molecule has 1 N–H and O–H groups in total. The fourth-order valence-electron chi connectivity index (χ4n) is 3.86. The number of fused-ring (bicyclic) bond motifs is 7. The van der Waals surface area contributed by atoms with Gasteiger partial charge in [-0.1, -0.05) is 30.4 Å².